The molecule has 0 amide bonds. The Balaban J connectivity index is 0.000000463. The molecule has 0 aliphatic carbocycles. The van der Waals surface area contributed by atoms with Crippen LogP contribution in [-0.2, 0) is 0 Å². The maximum Gasteiger partial charge on any atom is 0.164 e. The first-order valence-corrected chi connectivity index (χ1v) is 27.0. The van der Waals surface area contributed by atoms with Crippen LogP contribution < -0.4 is 0 Å². The van der Waals surface area contributed by atoms with Crippen molar-refractivity contribution in [3.63, 3.8) is 0 Å². The Bertz CT molecular complexity index is 2930. The zero-order valence-electron chi connectivity index (χ0n) is 47.6. The number of rotatable bonds is 0. The lowest BCUT2D eigenvalue weighted by Crippen LogP contribution is -1.96. The van der Waals surface area contributed by atoms with Gasteiger partial charge >= 0.3 is 0 Å². The van der Waals surface area contributed by atoms with Crippen molar-refractivity contribution in [2.75, 3.05) is 0 Å². The summed E-state index contributed by atoms with van der Waals surface area (Å²) in [5.41, 5.74) is 9.35. The number of benzene rings is 8. The molecule has 438 valence electrons. The predicted molar refractivity (Wildman–Crippen MR) is 322 cm³/mol. The van der Waals surface area contributed by atoms with Crippen LogP contribution in [0.5, 0.6) is 0 Å². The molecule has 0 nitrogen and oxygen atoms in total. The highest BCUT2D eigenvalue weighted by molar-refractivity contribution is 6.34. The summed E-state index contributed by atoms with van der Waals surface area (Å²) >= 11 is 39.9. The Morgan fingerprint density at radius 2 is 0.481 bits per heavy atom. The quantitative estimate of drug-likeness (QED) is 0.105. The van der Waals surface area contributed by atoms with Gasteiger partial charge in [-0.3, -0.25) is 0 Å². The zero-order chi connectivity index (χ0) is 62.7. The lowest BCUT2D eigenvalue weighted by atomic mass is 10.1. The second-order valence-corrected chi connectivity index (χ2v) is 21.6. The summed E-state index contributed by atoms with van der Waals surface area (Å²) in [7, 11) is 0. The van der Waals surface area contributed by atoms with E-state index in [4.69, 9.17) is 81.2 Å². The van der Waals surface area contributed by atoms with Crippen LogP contribution >= 0.6 is 81.2 Å². The molecule has 17 heteroatoms. The molecule has 0 aliphatic heterocycles. The fourth-order valence-electron chi connectivity index (χ4n) is 6.03. The van der Waals surface area contributed by atoms with Gasteiger partial charge in [-0.05, 0) is 243 Å². The second kappa shape index (κ2) is 34.6. The van der Waals surface area contributed by atoms with Gasteiger partial charge in [0.2, 0.25) is 0 Å². The molecule has 8 aromatic rings. The van der Waals surface area contributed by atoms with Crippen LogP contribution in [0.1, 0.15) is 89.0 Å². The van der Waals surface area contributed by atoms with Crippen molar-refractivity contribution in [1.82, 2.24) is 0 Å². The van der Waals surface area contributed by atoms with Crippen molar-refractivity contribution in [1.29, 1.82) is 0 Å². The van der Waals surface area contributed by atoms with Gasteiger partial charge in [-0.1, -0.05) is 118 Å². The molecule has 0 heterocycles. The van der Waals surface area contributed by atoms with Gasteiger partial charge in [-0.15, -0.1) is 0 Å². The first-order chi connectivity index (χ1) is 37.4. The molecule has 0 N–H and O–H groups in total. The topological polar surface area (TPSA) is 0 Å². The number of halogens is 17. The molecule has 0 atom stereocenters. The molecular weight excluding hydrogens is 1210 g/mol. The summed E-state index contributed by atoms with van der Waals surface area (Å²) in [6.45, 7) is 26.9. The third kappa shape index (κ3) is 23.7. The number of hydrogen-bond donors (Lipinski definition) is 0. The molecule has 0 saturated heterocycles. The molecule has 0 spiro atoms. The first-order valence-electron chi connectivity index (χ1n) is 24.4. The van der Waals surface area contributed by atoms with Crippen LogP contribution in [0.15, 0.2) is 91.0 Å². The molecule has 8 rings (SSSR count). The normalized spacial score (nSPS) is 10.0. The minimum absolute atomic E-state index is 0.00361. The molecule has 0 aliphatic rings. The van der Waals surface area contributed by atoms with Gasteiger partial charge in [0.15, 0.2) is 11.6 Å². The lowest BCUT2D eigenvalue weighted by Gasteiger charge is -2.03. The first kappa shape index (κ1) is 74.1. The molecule has 0 aromatic heterocycles. The van der Waals surface area contributed by atoms with Gasteiger partial charge in [0.1, 0.15) is 46.5 Å². The number of hydrogen-bond acceptors (Lipinski definition) is 0. The highest BCUT2D eigenvalue weighted by Gasteiger charge is 2.13. The maximum atomic E-state index is 12.9. The summed E-state index contributed by atoms with van der Waals surface area (Å²) in [6.07, 6.45) is 0. The Labute approximate surface area is 505 Å². The van der Waals surface area contributed by atoms with Crippen molar-refractivity contribution >= 4 is 81.2 Å². The van der Waals surface area contributed by atoms with Crippen molar-refractivity contribution in [3.8, 4) is 0 Å². The van der Waals surface area contributed by atoms with E-state index in [1.807, 2.05) is 52.0 Å². The number of aryl methyl sites for hydroxylation is 14. The summed E-state index contributed by atoms with van der Waals surface area (Å²) in [5, 5.41) is 3.52. The Kier molecular flexibility index (Phi) is 31.7. The molecule has 0 saturated carbocycles. The van der Waals surface area contributed by atoms with E-state index in [-0.39, 0.29) is 60.8 Å². The van der Waals surface area contributed by atoms with E-state index in [2.05, 4.69) is 6.07 Å². The third-order valence-electron chi connectivity index (χ3n) is 11.7. The average molecular weight is 1270 g/mol. The molecule has 81 heavy (non-hydrogen) atoms. The van der Waals surface area contributed by atoms with E-state index in [0.29, 0.717) is 38.4 Å². The molecule has 0 bridgehead atoms. The zero-order valence-corrected chi connectivity index (χ0v) is 52.9. The Hall–Kier alpha value is -4.91. The Morgan fingerprint density at radius 1 is 0.210 bits per heavy atom. The fraction of sp³-hybridized carbons (Fsp3) is 0.250. The van der Waals surface area contributed by atoms with E-state index in [1.165, 1.54) is 64.4 Å². The predicted octanol–water partition coefficient (Wildman–Crippen LogP) is 24.4. The van der Waals surface area contributed by atoms with E-state index in [0.717, 1.165) is 54.5 Å². The van der Waals surface area contributed by atoms with Crippen LogP contribution in [0.4, 0.5) is 43.9 Å². The van der Waals surface area contributed by atoms with Gasteiger partial charge in [-0.25, -0.2) is 43.9 Å². The van der Waals surface area contributed by atoms with Crippen LogP contribution in [-0.4, -0.2) is 0 Å². The van der Waals surface area contributed by atoms with Gasteiger partial charge in [-0.2, -0.15) is 0 Å². The monoisotopic (exact) mass is 1270 g/mol. The molecule has 8 aromatic carbocycles. The van der Waals surface area contributed by atoms with E-state index in [1.54, 1.807) is 78.8 Å². The van der Waals surface area contributed by atoms with Crippen LogP contribution in [0, 0.1) is 169 Å². The van der Waals surface area contributed by atoms with E-state index >= 15 is 0 Å². The summed E-state index contributed by atoms with van der Waals surface area (Å²) < 4.78 is 127. The van der Waals surface area contributed by atoms with Crippen LogP contribution in [0.2, 0.25) is 35.2 Å². The average Bonchev–Trinajstić information content (AvgIpc) is 3.40. The van der Waals surface area contributed by atoms with Crippen molar-refractivity contribution < 1.29 is 43.9 Å². The summed E-state index contributed by atoms with van der Waals surface area (Å²) in [6, 6.07) is 24.5. The van der Waals surface area contributed by atoms with Gasteiger partial charge in [0.05, 0.1) is 15.1 Å². The molecule has 0 unspecified atom stereocenters. The van der Waals surface area contributed by atoms with Gasteiger partial charge < -0.3 is 0 Å². The lowest BCUT2D eigenvalue weighted by molar-refractivity contribution is 0.480. The highest BCUT2D eigenvalue weighted by Crippen LogP contribution is 2.27. The van der Waals surface area contributed by atoms with Crippen LogP contribution in [0.25, 0.3) is 0 Å². The minimum atomic E-state index is -1.09. The molecule has 0 fully saturated rings. The largest absolute Gasteiger partial charge is 0.207 e. The summed E-state index contributed by atoms with van der Waals surface area (Å²) in [4.78, 5) is 0. The fourth-order valence-corrected chi connectivity index (χ4v) is 7.54. The van der Waals surface area contributed by atoms with Crippen molar-refractivity contribution in [2.45, 2.75) is 111 Å². The second-order valence-electron chi connectivity index (χ2n) is 18.8. The summed E-state index contributed by atoms with van der Waals surface area (Å²) in [5.74, 6) is -5.48. The van der Waals surface area contributed by atoms with Crippen LogP contribution in [0.3, 0.4) is 0 Å². The Morgan fingerprint density at radius 3 is 0.840 bits per heavy atom. The third-order valence-corrected chi connectivity index (χ3v) is 14.7. The van der Waals surface area contributed by atoms with E-state index < -0.39 is 29.1 Å². The van der Waals surface area contributed by atoms with Gasteiger partial charge in [0.25, 0.3) is 0 Å². The van der Waals surface area contributed by atoms with Gasteiger partial charge in [0, 0.05) is 31.2 Å². The maximum absolute atomic E-state index is 12.9. The standard InChI is InChI=1S/C8H8Cl2.C8H7ClF2.3C8H8ClF.C8H9Cl.C8H7F3.C8H8F2/c1-5-3-8(10)6(2)4-7(5)9;1-4-3-6(10)5(2)8(11)7(4)9;1-5-4-8(10)6(2)3-7(5)9;2*1-5-3-4-6(2)8(10)7(5)9;1-6-3-4-7(2)8(9)5-6;1-4-3-6(9)5(2)8(11)7(4)10;1-5-3-8(10)6(2)4-7(5)9/h3-4H,1-2H3;3H,1-2H3;3*3-4H,1-2H3;3-5H,1-2H3;3H,1-2H3;3-4H,1-2H3. The SMILES string of the molecule is Cc1cc(Cl)c(C)cc1Cl.Cc1cc(Cl)c(C)cc1F.Cc1cc(F)c(C)c(F)c1Cl.Cc1cc(F)c(C)c(F)c1F.Cc1cc(F)c(C)cc1F.Cc1ccc(C)c(Cl)c1.Cc1ccc(C)c(Cl)c1F.Cc1ccc(C)c(Cl)c1F. The smallest absolute Gasteiger partial charge is 0.164 e. The van der Waals surface area contributed by atoms with E-state index in [9.17, 15) is 43.9 Å². The van der Waals surface area contributed by atoms with Crippen molar-refractivity contribution in [3.05, 3.63) is 273 Å². The minimum Gasteiger partial charge on any atom is -0.207 e. The molecule has 0 radical (unpaired) electrons. The highest BCUT2D eigenvalue weighted by atomic mass is 35.5. The molecular formula is C64H63Cl7F10. The van der Waals surface area contributed by atoms with Crippen molar-refractivity contribution in [2.24, 2.45) is 0 Å².